The van der Waals surface area contributed by atoms with Crippen molar-refractivity contribution in [3.8, 4) is 0 Å². The molecule has 0 aliphatic carbocycles. The molecular weight excluding hydrogens is 168 g/mol. The van der Waals surface area contributed by atoms with Crippen molar-refractivity contribution < 1.29 is 4.84 Å². The van der Waals surface area contributed by atoms with Gasteiger partial charge in [0, 0.05) is 5.56 Å². The summed E-state index contributed by atoms with van der Waals surface area (Å²) in [6, 6.07) is 9.40. The van der Waals surface area contributed by atoms with Crippen LogP contribution in [0.1, 0.15) is 5.56 Å². The van der Waals surface area contributed by atoms with Gasteiger partial charge in [0.2, 0.25) is 5.85 Å². The Morgan fingerprint density at radius 1 is 1.23 bits per heavy atom. The number of hydrogen-bond donors (Lipinski definition) is 3. The van der Waals surface area contributed by atoms with Crippen molar-refractivity contribution in [2.24, 2.45) is 16.6 Å². The molecule has 0 amide bonds. The van der Waals surface area contributed by atoms with Gasteiger partial charge < -0.3 is 0 Å². The second kappa shape index (κ2) is 2.81. The topological polar surface area (TPSA) is 85.7 Å². The highest BCUT2D eigenvalue weighted by molar-refractivity contribution is 6.06. The average Bonchev–Trinajstić information content (AvgIpc) is 2.47. The maximum Gasteiger partial charge on any atom is 0.243 e. The third kappa shape index (κ3) is 1.40. The standard InChI is InChI=1S/C8H10N4O/c9-8(10)7(11-12-13-8)6-4-2-1-3-5-6/h1-5,12H,9-10H2. The van der Waals surface area contributed by atoms with Gasteiger partial charge in [-0.15, -0.1) is 0 Å². The molecule has 0 saturated carbocycles. The molecule has 2 rings (SSSR count). The highest BCUT2D eigenvalue weighted by atomic mass is 16.7. The van der Waals surface area contributed by atoms with E-state index in [2.05, 4.69) is 10.7 Å². The van der Waals surface area contributed by atoms with Crippen molar-refractivity contribution in [2.45, 2.75) is 5.85 Å². The van der Waals surface area contributed by atoms with Gasteiger partial charge in [-0.2, -0.15) is 10.7 Å². The molecule has 0 aromatic heterocycles. The van der Waals surface area contributed by atoms with E-state index in [0.717, 1.165) is 5.56 Å². The van der Waals surface area contributed by atoms with Crippen LogP contribution in [0.2, 0.25) is 0 Å². The molecule has 0 bridgehead atoms. The number of nitrogens with one attached hydrogen (secondary N) is 1. The normalized spacial score (nSPS) is 19.4. The third-order valence-corrected chi connectivity index (χ3v) is 1.79. The number of nitrogens with two attached hydrogens (primary N) is 2. The molecule has 5 heteroatoms. The van der Waals surface area contributed by atoms with E-state index in [1.165, 1.54) is 0 Å². The lowest BCUT2D eigenvalue weighted by Crippen LogP contribution is -2.56. The number of benzene rings is 1. The van der Waals surface area contributed by atoms with E-state index in [0.29, 0.717) is 5.71 Å². The lowest BCUT2D eigenvalue weighted by molar-refractivity contribution is -0.0323. The van der Waals surface area contributed by atoms with E-state index in [1.807, 2.05) is 30.3 Å². The van der Waals surface area contributed by atoms with Crippen LogP contribution in [-0.4, -0.2) is 11.6 Å². The molecule has 0 unspecified atom stereocenters. The zero-order valence-corrected chi connectivity index (χ0v) is 6.90. The molecule has 0 atom stereocenters. The minimum absolute atomic E-state index is 0.494. The lowest BCUT2D eigenvalue weighted by atomic mass is 10.1. The van der Waals surface area contributed by atoms with Crippen LogP contribution >= 0.6 is 0 Å². The largest absolute Gasteiger partial charge is 0.283 e. The Bertz CT molecular complexity index is 333. The van der Waals surface area contributed by atoms with Crippen molar-refractivity contribution >= 4 is 5.71 Å². The maximum absolute atomic E-state index is 5.62. The summed E-state index contributed by atoms with van der Waals surface area (Å²) >= 11 is 0. The van der Waals surface area contributed by atoms with Crippen LogP contribution in [0.15, 0.2) is 35.4 Å². The average molecular weight is 178 g/mol. The molecule has 1 aromatic carbocycles. The first kappa shape index (κ1) is 8.18. The van der Waals surface area contributed by atoms with E-state index in [-0.39, 0.29) is 0 Å². The predicted molar refractivity (Wildman–Crippen MR) is 48.3 cm³/mol. The van der Waals surface area contributed by atoms with E-state index >= 15 is 0 Å². The van der Waals surface area contributed by atoms with Gasteiger partial charge in [0.15, 0.2) is 0 Å². The summed E-state index contributed by atoms with van der Waals surface area (Å²) < 4.78 is 0. The van der Waals surface area contributed by atoms with Crippen LogP contribution in [0.4, 0.5) is 0 Å². The van der Waals surface area contributed by atoms with E-state index in [4.69, 9.17) is 16.3 Å². The van der Waals surface area contributed by atoms with Crippen LogP contribution in [0.3, 0.4) is 0 Å². The van der Waals surface area contributed by atoms with Crippen molar-refractivity contribution in [1.29, 1.82) is 0 Å². The van der Waals surface area contributed by atoms with Crippen molar-refractivity contribution in [1.82, 2.24) is 5.59 Å². The summed E-state index contributed by atoms with van der Waals surface area (Å²) in [4.78, 5) is 4.81. The Morgan fingerprint density at radius 3 is 2.46 bits per heavy atom. The molecular formula is C8H10N4O. The summed E-state index contributed by atoms with van der Waals surface area (Å²) in [5, 5.41) is 3.85. The second-order valence-electron chi connectivity index (χ2n) is 2.81. The van der Waals surface area contributed by atoms with Gasteiger partial charge >= 0.3 is 0 Å². The van der Waals surface area contributed by atoms with Gasteiger partial charge in [0.1, 0.15) is 5.71 Å². The smallest absolute Gasteiger partial charge is 0.243 e. The molecule has 1 aliphatic rings. The highest BCUT2D eigenvalue weighted by Gasteiger charge is 2.34. The molecule has 1 aromatic rings. The van der Waals surface area contributed by atoms with Crippen molar-refractivity contribution in [3.05, 3.63) is 35.9 Å². The monoisotopic (exact) mass is 178 g/mol. The first-order valence-corrected chi connectivity index (χ1v) is 3.84. The third-order valence-electron chi connectivity index (χ3n) is 1.79. The second-order valence-corrected chi connectivity index (χ2v) is 2.81. The predicted octanol–water partition coefficient (Wildman–Crippen LogP) is -0.503. The molecule has 5 nitrogen and oxygen atoms in total. The summed E-state index contributed by atoms with van der Waals surface area (Å²) in [5.41, 5.74) is 14.9. The molecule has 0 spiro atoms. The zero-order chi connectivity index (χ0) is 9.31. The van der Waals surface area contributed by atoms with Crippen LogP contribution in [0.5, 0.6) is 0 Å². The van der Waals surface area contributed by atoms with Gasteiger partial charge in [0.25, 0.3) is 0 Å². The summed E-state index contributed by atoms with van der Waals surface area (Å²) in [7, 11) is 0. The number of hydrogen-bond acceptors (Lipinski definition) is 5. The Balaban J connectivity index is 2.38. The minimum atomic E-state index is -1.35. The molecule has 0 saturated heterocycles. The van der Waals surface area contributed by atoms with E-state index in [1.54, 1.807) is 0 Å². The number of nitrogens with zero attached hydrogens (tertiary/aromatic N) is 1. The first-order valence-electron chi connectivity index (χ1n) is 3.84. The number of hydrazone groups is 1. The fraction of sp³-hybridized carbons (Fsp3) is 0.125. The lowest BCUT2D eigenvalue weighted by Gasteiger charge is -2.16. The Labute approximate surface area is 75.3 Å². The Morgan fingerprint density at radius 2 is 1.92 bits per heavy atom. The number of rotatable bonds is 1. The summed E-state index contributed by atoms with van der Waals surface area (Å²) in [5.74, 6) is -1.35. The molecule has 0 fully saturated rings. The zero-order valence-electron chi connectivity index (χ0n) is 6.90. The van der Waals surface area contributed by atoms with Crippen molar-refractivity contribution in [3.63, 3.8) is 0 Å². The van der Waals surface area contributed by atoms with Crippen LogP contribution in [0, 0.1) is 0 Å². The molecule has 1 aliphatic heterocycles. The first-order chi connectivity index (χ1) is 6.20. The van der Waals surface area contributed by atoms with Gasteiger partial charge in [-0.3, -0.25) is 11.5 Å². The van der Waals surface area contributed by atoms with Gasteiger partial charge in [-0.1, -0.05) is 30.3 Å². The summed E-state index contributed by atoms with van der Waals surface area (Å²) in [6.45, 7) is 0. The summed E-state index contributed by atoms with van der Waals surface area (Å²) in [6.07, 6.45) is 0. The Kier molecular flexibility index (Phi) is 1.77. The molecule has 1 heterocycles. The molecule has 68 valence electrons. The van der Waals surface area contributed by atoms with Crippen LogP contribution in [-0.2, 0) is 4.84 Å². The molecule has 13 heavy (non-hydrogen) atoms. The van der Waals surface area contributed by atoms with Gasteiger partial charge in [-0.05, 0) is 0 Å². The quantitative estimate of drug-likeness (QED) is 0.506. The molecule has 0 radical (unpaired) electrons. The Hall–Kier alpha value is -1.43. The SMILES string of the molecule is NC1(N)ONN=C1c1ccccc1. The minimum Gasteiger partial charge on any atom is -0.283 e. The maximum atomic E-state index is 5.62. The van der Waals surface area contributed by atoms with E-state index < -0.39 is 5.85 Å². The van der Waals surface area contributed by atoms with Gasteiger partial charge in [0.05, 0.1) is 0 Å². The van der Waals surface area contributed by atoms with Crippen LogP contribution < -0.4 is 17.1 Å². The fourth-order valence-electron chi connectivity index (χ4n) is 1.17. The van der Waals surface area contributed by atoms with E-state index in [9.17, 15) is 0 Å². The van der Waals surface area contributed by atoms with Gasteiger partial charge in [-0.25, -0.2) is 4.84 Å². The van der Waals surface area contributed by atoms with Crippen LogP contribution in [0.25, 0.3) is 0 Å². The fourth-order valence-corrected chi connectivity index (χ4v) is 1.17. The van der Waals surface area contributed by atoms with Crippen molar-refractivity contribution in [2.75, 3.05) is 0 Å². The molecule has 5 N–H and O–H groups in total. The highest BCUT2D eigenvalue weighted by Crippen LogP contribution is 2.11.